The van der Waals surface area contributed by atoms with Crippen LogP contribution in [-0.2, 0) is 9.84 Å². The summed E-state index contributed by atoms with van der Waals surface area (Å²) in [4.78, 5) is 24.5. The highest BCUT2D eigenvalue weighted by Crippen LogP contribution is 2.16. The fraction of sp³-hybridized carbons (Fsp3) is 0.286. The van der Waals surface area contributed by atoms with E-state index in [0.717, 1.165) is 11.3 Å². The van der Waals surface area contributed by atoms with Crippen LogP contribution in [0.15, 0.2) is 35.1 Å². The van der Waals surface area contributed by atoms with Crippen molar-refractivity contribution >= 4 is 37.9 Å². The summed E-state index contributed by atoms with van der Waals surface area (Å²) >= 11 is 0.881. The Labute approximate surface area is 125 Å². The van der Waals surface area contributed by atoms with Gasteiger partial charge in [-0.3, -0.25) is 9.59 Å². The molecule has 2 aromatic rings. The summed E-state index contributed by atoms with van der Waals surface area (Å²) in [6.45, 7) is 0. The normalized spacial score (nSPS) is 20.5. The first-order chi connectivity index (χ1) is 9.94. The van der Waals surface area contributed by atoms with Crippen LogP contribution < -0.4 is 10.1 Å². The molecule has 21 heavy (non-hydrogen) atoms. The van der Waals surface area contributed by atoms with Crippen LogP contribution in [0.25, 0.3) is 10.8 Å². The molecule has 1 aliphatic heterocycles. The van der Waals surface area contributed by atoms with Gasteiger partial charge in [-0.1, -0.05) is 29.5 Å². The number of fused-ring (bicyclic) bond motifs is 1. The summed E-state index contributed by atoms with van der Waals surface area (Å²) in [5.74, 6) is -0.308. The lowest BCUT2D eigenvalue weighted by Gasteiger charge is -2.10. The quantitative estimate of drug-likeness (QED) is 0.900. The Morgan fingerprint density at radius 1 is 1.29 bits per heavy atom. The van der Waals surface area contributed by atoms with Gasteiger partial charge in [-0.05, 0) is 23.9 Å². The predicted octanol–water partition coefficient (Wildman–Crippen LogP) is 1.18. The van der Waals surface area contributed by atoms with Gasteiger partial charge < -0.3 is 5.32 Å². The zero-order chi connectivity index (χ0) is 15.0. The third-order valence-corrected chi connectivity index (χ3v) is 6.16. The Kier molecular flexibility index (Phi) is 3.54. The number of hydrogen-bond acceptors (Lipinski definition) is 5. The summed E-state index contributed by atoms with van der Waals surface area (Å²) in [5.41, 5.74) is 0. The van der Waals surface area contributed by atoms with Gasteiger partial charge in [0.15, 0.2) is 9.84 Å². The molecule has 1 aliphatic rings. The second-order valence-electron chi connectivity index (χ2n) is 5.06. The van der Waals surface area contributed by atoms with Crippen LogP contribution in [0.4, 0.5) is 0 Å². The third-order valence-electron chi connectivity index (χ3n) is 3.46. The largest absolute Gasteiger partial charge is 0.348 e. The number of rotatable bonds is 2. The minimum absolute atomic E-state index is 0.0266. The molecular weight excluding hydrogens is 310 g/mol. The van der Waals surface area contributed by atoms with Crippen LogP contribution in [0.5, 0.6) is 0 Å². The molecule has 7 heteroatoms. The average Bonchev–Trinajstić information content (AvgIpc) is 2.78. The van der Waals surface area contributed by atoms with Crippen molar-refractivity contribution in [1.29, 1.82) is 0 Å². The van der Waals surface area contributed by atoms with Gasteiger partial charge in [-0.2, -0.15) is 0 Å². The maximum absolute atomic E-state index is 12.2. The zero-order valence-corrected chi connectivity index (χ0v) is 12.7. The highest BCUT2D eigenvalue weighted by Gasteiger charge is 2.29. The van der Waals surface area contributed by atoms with Crippen molar-refractivity contribution in [3.63, 3.8) is 0 Å². The van der Waals surface area contributed by atoms with E-state index >= 15 is 0 Å². The van der Waals surface area contributed by atoms with Crippen LogP contribution >= 0.6 is 11.3 Å². The van der Waals surface area contributed by atoms with Crippen molar-refractivity contribution in [2.75, 3.05) is 11.5 Å². The van der Waals surface area contributed by atoms with Gasteiger partial charge in [0.05, 0.1) is 16.4 Å². The molecule has 1 N–H and O–H groups in total. The van der Waals surface area contributed by atoms with Gasteiger partial charge in [-0.15, -0.1) is 0 Å². The molecule has 1 aromatic heterocycles. The van der Waals surface area contributed by atoms with E-state index in [0.29, 0.717) is 22.1 Å². The minimum Gasteiger partial charge on any atom is -0.348 e. The SMILES string of the molecule is O=C(NC1CCS(=O)(=O)C1)c1cc2ccccc2c(=O)s1. The fourth-order valence-electron chi connectivity index (χ4n) is 2.41. The molecule has 0 aliphatic carbocycles. The lowest BCUT2D eigenvalue weighted by atomic mass is 10.2. The molecule has 1 unspecified atom stereocenters. The summed E-state index contributed by atoms with van der Waals surface area (Å²) in [5, 5.41) is 4.00. The van der Waals surface area contributed by atoms with E-state index in [1.807, 2.05) is 0 Å². The van der Waals surface area contributed by atoms with Crippen LogP contribution in [-0.4, -0.2) is 31.9 Å². The van der Waals surface area contributed by atoms with Crippen LogP contribution in [0.3, 0.4) is 0 Å². The van der Waals surface area contributed by atoms with Crippen LogP contribution in [0.1, 0.15) is 16.1 Å². The fourth-order valence-corrected chi connectivity index (χ4v) is 4.92. The van der Waals surface area contributed by atoms with Crippen molar-refractivity contribution in [3.8, 4) is 0 Å². The Morgan fingerprint density at radius 2 is 2.05 bits per heavy atom. The smallest absolute Gasteiger partial charge is 0.261 e. The number of amides is 1. The van der Waals surface area contributed by atoms with Gasteiger partial charge in [0.2, 0.25) is 4.74 Å². The van der Waals surface area contributed by atoms with E-state index in [1.165, 1.54) is 0 Å². The summed E-state index contributed by atoms with van der Waals surface area (Å²) in [7, 11) is -3.04. The zero-order valence-electron chi connectivity index (χ0n) is 11.0. The van der Waals surface area contributed by atoms with Gasteiger partial charge in [0.25, 0.3) is 5.91 Å². The molecule has 1 saturated heterocycles. The van der Waals surface area contributed by atoms with E-state index in [-0.39, 0.29) is 28.2 Å². The second kappa shape index (κ2) is 5.23. The molecule has 1 aromatic carbocycles. The molecule has 0 spiro atoms. The Morgan fingerprint density at radius 3 is 2.76 bits per heavy atom. The maximum Gasteiger partial charge on any atom is 0.261 e. The van der Waals surface area contributed by atoms with Crippen molar-refractivity contribution in [2.24, 2.45) is 0 Å². The number of sulfone groups is 1. The van der Waals surface area contributed by atoms with Crippen molar-refractivity contribution in [2.45, 2.75) is 12.5 Å². The molecule has 0 saturated carbocycles. The summed E-state index contributed by atoms with van der Waals surface area (Å²) < 4.78 is 22.6. The standard InChI is InChI=1S/C14H13NO4S2/c16-13(15-10-5-6-21(18,19)8-10)12-7-9-3-1-2-4-11(9)14(17)20-12/h1-4,7,10H,5-6,8H2,(H,15,16). The topological polar surface area (TPSA) is 80.3 Å². The summed E-state index contributed by atoms with van der Waals surface area (Å²) in [6, 6.07) is 8.38. The number of benzene rings is 1. The van der Waals surface area contributed by atoms with Gasteiger partial charge in [0, 0.05) is 11.4 Å². The van der Waals surface area contributed by atoms with Gasteiger partial charge in [0.1, 0.15) is 0 Å². The highest BCUT2D eigenvalue weighted by molar-refractivity contribution is 7.91. The Hall–Kier alpha value is -1.73. The van der Waals surface area contributed by atoms with E-state index in [2.05, 4.69) is 5.32 Å². The Balaban J connectivity index is 1.87. The minimum atomic E-state index is -3.04. The molecule has 0 bridgehead atoms. The van der Waals surface area contributed by atoms with E-state index in [9.17, 15) is 18.0 Å². The van der Waals surface area contributed by atoms with Gasteiger partial charge >= 0.3 is 0 Å². The molecule has 1 fully saturated rings. The first-order valence-corrected chi connectivity index (χ1v) is 9.12. The van der Waals surface area contributed by atoms with E-state index in [1.54, 1.807) is 30.3 Å². The molecular formula is C14H13NO4S2. The van der Waals surface area contributed by atoms with E-state index in [4.69, 9.17) is 0 Å². The summed E-state index contributed by atoms with van der Waals surface area (Å²) in [6.07, 6.45) is 0.427. The maximum atomic E-state index is 12.2. The number of carbonyl (C=O) groups is 1. The lowest BCUT2D eigenvalue weighted by molar-refractivity contribution is 0.0945. The van der Waals surface area contributed by atoms with Crippen molar-refractivity contribution in [3.05, 3.63) is 44.7 Å². The number of nitrogens with one attached hydrogen (secondary N) is 1. The average molecular weight is 323 g/mol. The molecule has 5 nitrogen and oxygen atoms in total. The Bertz CT molecular complexity index is 870. The monoisotopic (exact) mass is 323 g/mol. The lowest BCUT2D eigenvalue weighted by Crippen LogP contribution is -2.35. The van der Waals surface area contributed by atoms with Gasteiger partial charge in [-0.25, -0.2) is 8.42 Å². The molecule has 2 heterocycles. The third kappa shape index (κ3) is 2.98. The molecule has 1 amide bonds. The predicted molar refractivity (Wildman–Crippen MR) is 82.6 cm³/mol. The van der Waals surface area contributed by atoms with Crippen LogP contribution in [0.2, 0.25) is 0 Å². The first kappa shape index (κ1) is 14.2. The molecule has 1 atom stereocenters. The van der Waals surface area contributed by atoms with Crippen molar-refractivity contribution in [1.82, 2.24) is 5.32 Å². The van der Waals surface area contributed by atoms with Crippen molar-refractivity contribution < 1.29 is 13.2 Å². The first-order valence-electron chi connectivity index (χ1n) is 6.49. The van der Waals surface area contributed by atoms with Crippen LogP contribution in [0, 0.1) is 0 Å². The second-order valence-corrected chi connectivity index (χ2v) is 8.30. The highest BCUT2D eigenvalue weighted by atomic mass is 32.2. The molecule has 0 radical (unpaired) electrons. The molecule has 110 valence electrons. The molecule has 3 rings (SSSR count). The van der Waals surface area contributed by atoms with E-state index < -0.39 is 9.84 Å². The number of carbonyl (C=O) groups excluding carboxylic acids is 1. The number of hydrogen-bond donors (Lipinski definition) is 1.